The van der Waals surface area contributed by atoms with Crippen molar-refractivity contribution in [3.63, 3.8) is 0 Å². The van der Waals surface area contributed by atoms with Crippen molar-refractivity contribution < 1.29 is 78.6 Å². The molecule has 0 spiro atoms. The maximum Gasteiger partial charge on any atom is 0.573 e. The monoisotopic (exact) mass is 1160 g/mol. The second-order valence-corrected chi connectivity index (χ2v) is 17.5. The summed E-state index contributed by atoms with van der Waals surface area (Å²) in [7, 11) is 0. The van der Waals surface area contributed by atoms with E-state index < -0.39 is 48.6 Å². The Kier molecular flexibility index (Phi) is 20.3. The van der Waals surface area contributed by atoms with E-state index >= 15 is 0 Å². The summed E-state index contributed by atoms with van der Waals surface area (Å²) in [5, 5.41) is 17.0. The van der Waals surface area contributed by atoms with Gasteiger partial charge >= 0.3 is 24.8 Å². The lowest BCUT2D eigenvalue weighted by Gasteiger charge is -2.22. The molecule has 1 saturated heterocycles. The van der Waals surface area contributed by atoms with Gasteiger partial charge in [-0.05, 0) is 115 Å². The summed E-state index contributed by atoms with van der Waals surface area (Å²) in [4.78, 5) is 38.3. The van der Waals surface area contributed by atoms with Gasteiger partial charge in [0.1, 0.15) is 55.3 Å². The topological polar surface area (TPSA) is 173 Å². The molecule has 2 aromatic heterocycles. The summed E-state index contributed by atoms with van der Waals surface area (Å²) in [5.74, 6) is -2.00. The molecule has 0 saturated carbocycles. The van der Waals surface area contributed by atoms with E-state index in [4.69, 9.17) is 28.4 Å². The van der Waals surface area contributed by atoms with Crippen LogP contribution in [0.4, 0.5) is 31.1 Å². The number of alkyl halides is 6. The van der Waals surface area contributed by atoms with Crippen molar-refractivity contribution in [2.45, 2.75) is 77.9 Å². The third-order valence-corrected chi connectivity index (χ3v) is 12.0. The van der Waals surface area contributed by atoms with Crippen LogP contribution in [0.5, 0.6) is 23.0 Å². The van der Waals surface area contributed by atoms with Crippen molar-refractivity contribution in [3.8, 4) is 23.0 Å². The van der Waals surface area contributed by atoms with E-state index in [-0.39, 0.29) is 68.0 Å². The molecule has 3 atom stereocenters. The molecule has 3 heterocycles. The Balaban J connectivity index is 0.000000281. The van der Waals surface area contributed by atoms with Gasteiger partial charge in [-0.15, -0.1) is 26.3 Å². The minimum atomic E-state index is -4.79. The average molecular weight is 1160 g/mol. The summed E-state index contributed by atoms with van der Waals surface area (Å²) in [6, 6.07) is 34.5. The van der Waals surface area contributed by atoms with Crippen LogP contribution in [0, 0.1) is 0 Å². The number of imide groups is 1. The molecular formula is C52H47Br2F6N3O11. The zero-order chi connectivity index (χ0) is 51.4. The molecular weight excluding hydrogens is 1120 g/mol. The number of halogens is 8. The summed E-state index contributed by atoms with van der Waals surface area (Å²) in [6.45, 7) is 0.330. The molecule has 8 rings (SSSR count). The maximum absolute atomic E-state index is 13.5. The molecule has 0 radical (unpaired) electrons. The van der Waals surface area contributed by atoms with Gasteiger partial charge in [0.05, 0.1) is 32.8 Å². The first-order valence-electron chi connectivity index (χ1n) is 21.5. The van der Waals surface area contributed by atoms with E-state index in [1.54, 1.807) is 60.7 Å². The first kappa shape index (κ1) is 57.6. The number of rotatable bonds is 18. The number of ether oxygens (including phenoxy) is 5. The summed E-state index contributed by atoms with van der Waals surface area (Å²) < 4.78 is 109. The van der Waals surface area contributed by atoms with Crippen molar-refractivity contribution in [1.29, 1.82) is 0 Å². The molecule has 5 aromatic carbocycles. The molecule has 0 unspecified atom stereocenters. The Labute approximate surface area is 437 Å². The highest BCUT2D eigenvalue weighted by molar-refractivity contribution is 9.11. The first-order chi connectivity index (χ1) is 34.4. The van der Waals surface area contributed by atoms with Gasteiger partial charge in [0, 0.05) is 30.4 Å². The molecule has 1 aliphatic rings. The lowest BCUT2D eigenvalue weighted by molar-refractivity contribution is -0.276. The van der Waals surface area contributed by atoms with Gasteiger partial charge in [-0.1, -0.05) is 91.9 Å². The Morgan fingerprint density at radius 1 is 0.649 bits per heavy atom. The standard InChI is InChI=1S/C30H24BrF3N2O6.C20H15BrF3NO5.2CH4/c31-25-15-20(6-11-27(25)42-30(32,33)34)17-39-23-9-7-21(8-10-23)24(26-12-13-41-35-26)16-28(37)36-22(18-40-29(36)38)14-19-4-2-1-3-5-19;21-16-9-12(1-6-18(16)30-20(22,23)24)11-28-14-4-2-13(3-5-14)15(10-19(26)27)17-7-8-29-25-17;;/h1-13,15,22,24H,14,16-18H2;1-9,15H,10-11H2,(H,26,27);2*1H4/t22-,24-;15-;;/m00../s1. The number of carbonyl (C=O) groups is 3. The van der Waals surface area contributed by atoms with Crippen molar-refractivity contribution >= 4 is 49.8 Å². The van der Waals surface area contributed by atoms with E-state index in [0.717, 1.165) is 16.7 Å². The predicted molar refractivity (Wildman–Crippen MR) is 262 cm³/mol. The first-order valence-corrected chi connectivity index (χ1v) is 23.0. The number of carboxylic acid groups (broad SMARTS) is 1. The smallest absolute Gasteiger partial charge is 0.489 e. The Hall–Kier alpha value is -7.33. The highest BCUT2D eigenvalue weighted by Crippen LogP contribution is 2.35. The van der Waals surface area contributed by atoms with Gasteiger partial charge in [-0.2, -0.15) is 0 Å². The summed E-state index contributed by atoms with van der Waals surface area (Å²) >= 11 is 6.13. The van der Waals surface area contributed by atoms with Gasteiger partial charge in [-0.3, -0.25) is 9.59 Å². The zero-order valence-corrected chi connectivity index (χ0v) is 40.3. The number of nitrogens with zero attached hydrogens (tertiary/aromatic N) is 3. The number of benzene rings is 5. The van der Waals surface area contributed by atoms with Crippen LogP contribution in [-0.4, -0.2) is 63.7 Å². The third-order valence-electron chi connectivity index (χ3n) is 10.8. The van der Waals surface area contributed by atoms with Crippen LogP contribution < -0.4 is 18.9 Å². The number of carboxylic acids is 1. The fourth-order valence-electron chi connectivity index (χ4n) is 7.45. The zero-order valence-electron chi connectivity index (χ0n) is 37.1. The quantitative estimate of drug-likeness (QED) is 0.0805. The number of hydrogen-bond acceptors (Lipinski definition) is 12. The molecule has 7 aromatic rings. The lowest BCUT2D eigenvalue weighted by atomic mass is 9.91. The number of aliphatic carboxylic acids is 1. The SMILES string of the molecule is C.C.O=C(C[C@@H](c1ccc(OCc2ccc(OC(F)(F)F)c(Br)c2)cc1)c1ccon1)N1C(=O)OC[C@@H]1Cc1ccccc1.O=C(O)C[C@@H](c1ccc(OCc2ccc(OC(F)(F)F)c(Br)c2)cc1)c1ccon1. The average Bonchev–Trinajstić information content (AvgIpc) is 4.15. The van der Waals surface area contributed by atoms with E-state index in [1.165, 1.54) is 53.8 Å². The molecule has 1 aliphatic heterocycles. The van der Waals surface area contributed by atoms with Crippen LogP contribution in [0.15, 0.2) is 158 Å². The van der Waals surface area contributed by atoms with Crippen molar-refractivity contribution in [2.75, 3.05) is 6.61 Å². The van der Waals surface area contributed by atoms with E-state index in [0.29, 0.717) is 40.4 Å². The fraction of sp³-hybridized carbons (Fsp3) is 0.250. The molecule has 74 heavy (non-hydrogen) atoms. The van der Waals surface area contributed by atoms with Crippen LogP contribution in [0.1, 0.15) is 78.7 Å². The van der Waals surface area contributed by atoms with E-state index in [9.17, 15) is 40.7 Å². The number of amides is 2. The van der Waals surface area contributed by atoms with Crippen molar-refractivity contribution in [3.05, 3.63) is 188 Å². The molecule has 0 bridgehead atoms. The molecule has 392 valence electrons. The molecule has 14 nitrogen and oxygen atoms in total. The predicted octanol–water partition coefficient (Wildman–Crippen LogP) is 13.8. The number of carbonyl (C=O) groups excluding carboxylic acids is 2. The Morgan fingerprint density at radius 2 is 1.11 bits per heavy atom. The Morgan fingerprint density at radius 3 is 1.51 bits per heavy atom. The van der Waals surface area contributed by atoms with E-state index in [1.807, 2.05) is 30.3 Å². The second kappa shape index (κ2) is 26.1. The van der Waals surface area contributed by atoms with Crippen LogP contribution in [0.25, 0.3) is 0 Å². The lowest BCUT2D eigenvalue weighted by Crippen LogP contribution is -2.40. The minimum absolute atomic E-state index is 0. The van der Waals surface area contributed by atoms with Gasteiger partial charge < -0.3 is 37.8 Å². The number of cyclic esters (lactones) is 1. The third kappa shape index (κ3) is 16.6. The molecule has 22 heteroatoms. The van der Waals surface area contributed by atoms with Gasteiger partial charge in [0.2, 0.25) is 5.91 Å². The molecule has 1 N–H and O–H groups in total. The largest absolute Gasteiger partial charge is 0.573 e. The normalized spacial score (nSPS) is 14.0. The molecule has 2 amide bonds. The summed E-state index contributed by atoms with van der Waals surface area (Å²) in [5.41, 5.74) is 4.75. The van der Waals surface area contributed by atoms with Gasteiger partial charge in [-0.25, -0.2) is 9.69 Å². The van der Waals surface area contributed by atoms with Crippen LogP contribution in [-0.2, 0) is 34.0 Å². The highest BCUT2D eigenvalue weighted by Gasteiger charge is 2.39. The number of aromatic nitrogens is 2. The van der Waals surface area contributed by atoms with E-state index in [2.05, 4.69) is 51.6 Å². The van der Waals surface area contributed by atoms with Crippen molar-refractivity contribution in [2.24, 2.45) is 0 Å². The number of hydrogen-bond donors (Lipinski definition) is 1. The highest BCUT2D eigenvalue weighted by atomic mass is 79.9. The maximum atomic E-state index is 13.5. The van der Waals surface area contributed by atoms with Gasteiger partial charge in [0.15, 0.2) is 0 Å². The Bertz CT molecular complexity index is 2890. The second-order valence-electron chi connectivity index (χ2n) is 15.8. The van der Waals surface area contributed by atoms with Crippen LogP contribution >= 0.6 is 31.9 Å². The fourth-order valence-corrected chi connectivity index (χ4v) is 8.46. The molecule has 0 aliphatic carbocycles. The van der Waals surface area contributed by atoms with Crippen molar-refractivity contribution in [1.82, 2.24) is 15.2 Å². The summed E-state index contributed by atoms with van der Waals surface area (Å²) in [6.07, 6.45) is -7.16. The van der Waals surface area contributed by atoms with Crippen LogP contribution in [0.3, 0.4) is 0 Å². The minimum Gasteiger partial charge on any atom is -0.489 e. The van der Waals surface area contributed by atoms with Gasteiger partial charge in [0.25, 0.3) is 0 Å². The molecule has 1 fully saturated rings. The van der Waals surface area contributed by atoms with Crippen LogP contribution in [0.2, 0.25) is 0 Å².